The summed E-state index contributed by atoms with van der Waals surface area (Å²) in [6.45, 7) is 1.91. The molecule has 1 aromatic rings. The van der Waals surface area contributed by atoms with Crippen molar-refractivity contribution >= 4 is 11.4 Å². The van der Waals surface area contributed by atoms with E-state index in [2.05, 4.69) is 4.90 Å². The minimum absolute atomic E-state index is 0.235. The zero-order valence-corrected chi connectivity index (χ0v) is 8.93. The van der Waals surface area contributed by atoms with Crippen LogP contribution in [0.25, 0.3) is 0 Å². The molecule has 1 N–H and O–H groups in total. The standard InChI is InChI=1S/C11H14N2O3/c14-11-8-9(4-5-10(11)13(15)16)12-6-2-1-3-7-12/h4-5,8,14H,1-3,6-7H2. The molecule has 1 aliphatic rings. The molecular weight excluding hydrogens is 208 g/mol. The summed E-state index contributed by atoms with van der Waals surface area (Å²) in [6.07, 6.45) is 3.50. The first-order valence-corrected chi connectivity index (χ1v) is 5.41. The van der Waals surface area contributed by atoms with E-state index in [0.29, 0.717) is 0 Å². The number of nitro benzene ring substituents is 1. The molecule has 0 atom stereocenters. The van der Waals surface area contributed by atoms with E-state index < -0.39 is 4.92 Å². The second-order valence-electron chi connectivity index (χ2n) is 3.98. The lowest BCUT2D eigenvalue weighted by atomic mass is 10.1. The Morgan fingerprint density at radius 1 is 1.25 bits per heavy atom. The van der Waals surface area contributed by atoms with E-state index in [9.17, 15) is 15.2 Å². The number of nitro groups is 1. The molecular formula is C11H14N2O3. The smallest absolute Gasteiger partial charge is 0.310 e. The first kappa shape index (κ1) is 10.7. The highest BCUT2D eigenvalue weighted by Crippen LogP contribution is 2.31. The van der Waals surface area contributed by atoms with E-state index in [0.717, 1.165) is 31.6 Å². The molecule has 0 aliphatic carbocycles. The second kappa shape index (κ2) is 4.38. The number of nitrogens with zero attached hydrogens (tertiary/aromatic N) is 2. The number of benzene rings is 1. The van der Waals surface area contributed by atoms with Crippen molar-refractivity contribution < 1.29 is 10.0 Å². The first-order chi connectivity index (χ1) is 7.68. The zero-order valence-electron chi connectivity index (χ0n) is 8.93. The third-order valence-corrected chi connectivity index (χ3v) is 2.88. The van der Waals surface area contributed by atoms with Gasteiger partial charge in [0, 0.05) is 30.9 Å². The molecule has 16 heavy (non-hydrogen) atoms. The predicted octanol–water partition coefficient (Wildman–Crippen LogP) is 2.29. The van der Waals surface area contributed by atoms with E-state index in [1.54, 1.807) is 6.07 Å². The van der Waals surface area contributed by atoms with Gasteiger partial charge in [-0.3, -0.25) is 10.1 Å². The van der Waals surface area contributed by atoms with Gasteiger partial charge in [-0.1, -0.05) is 0 Å². The highest BCUT2D eigenvalue weighted by molar-refractivity contribution is 5.58. The fourth-order valence-electron chi connectivity index (χ4n) is 2.02. The highest BCUT2D eigenvalue weighted by Gasteiger charge is 2.16. The van der Waals surface area contributed by atoms with Crippen LogP contribution in [-0.4, -0.2) is 23.1 Å². The normalized spacial score (nSPS) is 16.1. The van der Waals surface area contributed by atoms with Crippen molar-refractivity contribution in [1.82, 2.24) is 0 Å². The summed E-state index contributed by atoms with van der Waals surface area (Å²) in [5.74, 6) is -0.256. The molecule has 1 heterocycles. The minimum Gasteiger partial charge on any atom is -0.502 e. The number of anilines is 1. The monoisotopic (exact) mass is 222 g/mol. The lowest BCUT2D eigenvalue weighted by Crippen LogP contribution is -2.29. The van der Waals surface area contributed by atoms with Crippen LogP contribution in [0, 0.1) is 10.1 Å². The van der Waals surface area contributed by atoms with Crippen molar-refractivity contribution in [2.45, 2.75) is 19.3 Å². The number of rotatable bonds is 2. The van der Waals surface area contributed by atoms with Crippen LogP contribution < -0.4 is 4.90 Å². The van der Waals surface area contributed by atoms with Gasteiger partial charge in [-0.05, 0) is 25.3 Å². The molecule has 0 amide bonds. The summed E-state index contributed by atoms with van der Waals surface area (Å²) in [4.78, 5) is 12.1. The quantitative estimate of drug-likeness (QED) is 0.615. The van der Waals surface area contributed by atoms with Gasteiger partial charge in [-0.15, -0.1) is 0 Å². The average molecular weight is 222 g/mol. The SMILES string of the molecule is O=[N+]([O-])c1ccc(N2CCCCC2)cc1O. The van der Waals surface area contributed by atoms with Gasteiger partial charge >= 0.3 is 5.69 Å². The Morgan fingerprint density at radius 3 is 2.50 bits per heavy atom. The van der Waals surface area contributed by atoms with Crippen LogP contribution in [0.5, 0.6) is 5.75 Å². The minimum atomic E-state index is -0.574. The average Bonchev–Trinajstić information content (AvgIpc) is 2.29. The molecule has 0 radical (unpaired) electrons. The van der Waals surface area contributed by atoms with Gasteiger partial charge in [-0.25, -0.2) is 0 Å². The maximum Gasteiger partial charge on any atom is 0.310 e. The topological polar surface area (TPSA) is 66.6 Å². The molecule has 5 nitrogen and oxygen atoms in total. The Morgan fingerprint density at radius 2 is 1.94 bits per heavy atom. The Labute approximate surface area is 93.5 Å². The van der Waals surface area contributed by atoms with Crippen molar-refractivity contribution in [1.29, 1.82) is 0 Å². The summed E-state index contributed by atoms with van der Waals surface area (Å²) in [6, 6.07) is 4.53. The molecule has 0 bridgehead atoms. The van der Waals surface area contributed by atoms with Gasteiger partial charge in [0.1, 0.15) is 0 Å². The Balaban J connectivity index is 2.23. The van der Waals surface area contributed by atoms with Crippen LogP contribution in [0.1, 0.15) is 19.3 Å². The summed E-state index contributed by atoms with van der Waals surface area (Å²) >= 11 is 0. The van der Waals surface area contributed by atoms with E-state index >= 15 is 0 Å². The number of phenols is 1. The van der Waals surface area contributed by atoms with Crippen molar-refractivity contribution in [3.05, 3.63) is 28.3 Å². The summed E-state index contributed by atoms with van der Waals surface area (Å²) in [7, 11) is 0. The maximum absolute atomic E-state index is 10.5. The molecule has 1 fully saturated rings. The van der Waals surface area contributed by atoms with Gasteiger partial charge in [-0.2, -0.15) is 0 Å². The molecule has 5 heteroatoms. The molecule has 1 saturated heterocycles. The van der Waals surface area contributed by atoms with E-state index in [4.69, 9.17) is 0 Å². The van der Waals surface area contributed by atoms with Gasteiger partial charge in [0.2, 0.25) is 0 Å². The molecule has 0 unspecified atom stereocenters. The zero-order chi connectivity index (χ0) is 11.5. The molecule has 0 aromatic heterocycles. The Kier molecular flexibility index (Phi) is 2.94. The van der Waals surface area contributed by atoms with Gasteiger partial charge in [0.25, 0.3) is 0 Å². The molecule has 0 saturated carbocycles. The number of hydrogen-bond acceptors (Lipinski definition) is 4. The number of piperidine rings is 1. The lowest BCUT2D eigenvalue weighted by Gasteiger charge is -2.28. The van der Waals surface area contributed by atoms with E-state index in [1.165, 1.54) is 18.6 Å². The molecule has 1 aliphatic heterocycles. The van der Waals surface area contributed by atoms with Gasteiger partial charge in [0.15, 0.2) is 5.75 Å². The van der Waals surface area contributed by atoms with Gasteiger partial charge < -0.3 is 10.0 Å². The maximum atomic E-state index is 10.5. The van der Waals surface area contributed by atoms with Crippen molar-refractivity contribution in [3.63, 3.8) is 0 Å². The number of hydrogen-bond donors (Lipinski definition) is 1. The van der Waals surface area contributed by atoms with E-state index in [-0.39, 0.29) is 11.4 Å². The van der Waals surface area contributed by atoms with Crippen LogP contribution in [0.3, 0.4) is 0 Å². The fourth-order valence-corrected chi connectivity index (χ4v) is 2.02. The van der Waals surface area contributed by atoms with Crippen LogP contribution in [-0.2, 0) is 0 Å². The number of aromatic hydroxyl groups is 1. The first-order valence-electron chi connectivity index (χ1n) is 5.41. The highest BCUT2D eigenvalue weighted by atomic mass is 16.6. The van der Waals surface area contributed by atoms with Crippen molar-refractivity contribution in [3.8, 4) is 5.75 Å². The Bertz CT molecular complexity index is 400. The third-order valence-electron chi connectivity index (χ3n) is 2.88. The second-order valence-corrected chi connectivity index (χ2v) is 3.98. The van der Waals surface area contributed by atoms with Crippen LogP contribution in [0.4, 0.5) is 11.4 Å². The predicted molar refractivity (Wildman–Crippen MR) is 60.8 cm³/mol. The molecule has 0 spiro atoms. The van der Waals surface area contributed by atoms with Crippen molar-refractivity contribution in [2.24, 2.45) is 0 Å². The lowest BCUT2D eigenvalue weighted by molar-refractivity contribution is -0.385. The number of phenolic OH excluding ortho intramolecular Hbond substituents is 1. The summed E-state index contributed by atoms with van der Waals surface area (Å²) in [5, 5.41) is 20.1. The summed E-state index contributed by atoms with van der Waals surface area (Å²) in [5.41, 5.74) is 0.628. The molecule has 86 valence electrons. The third kappa shape index (κ3) is 2.08. The van der Waals surface area contributed by atoms with Gasteiger partial charge in [0.05, 0.1) is 4.92 Å². The van der Waals surface area contributed by atoms with Crippen LogP contribution in [0.15, 0.2) is 18.2 Å². The fraction of sp³-hybridized carbons (Fsp3) is 0.455. The molecule has 1 aromatic carbocycles. The van der Waals surface area contributed by atoms with Crippen LogP contribution in [0.2, 0.25) is 0 Å². The Hall–Kier alpha value is -1.78. The van der Waals surface area contributed by atoms with E-state index in [1.807, 2.05) is 0 Å². The van der Waals surface area contributed by atoms with Crippen LogP contribution >= 0.6 is 0 Å². The van der Waals surface area contributed by atoms with Crippen molar-refractivity contribution in [2.75, 3.05) is 18.0 Å². The summed E-state index contributed by atoms with van der Waals surface area (Å²) < 4.78 is 0. The largest absolute Gasteiger partial charge is 0.502 e. The molecule has 2 rings (SSSR count).